The van der Waals surface area contributed by atoms with Crippen molar-refractivity contribution in [2.24, 2.45) is 11.8 Å². The van der Waals surface area contributed by atoms with Crippen molar-refractivity contribution in [1.29, 1.82) is 0 Å². The second kappa shape index (κ2) is 10.6. The number of anilines is 1. The number of aliphatic hydroxyl groups excluding tert-OH is 1. The van der Waals surface area contributed by atoms with Gasteiger partial charge in [0, 0.05) is 36.8 Å². The van der Waals surface area contributed by atoms with Gasteiger partial charge in [0.2, 0.25) is 11.8 Å². The zero-order valence-corrected chi connectivity index (χ0v) is 24.6. The van der Waals surface area contributed by atoms with E-state index in [2.05, 4.69) is 41.3 Å². The fourth-order valence-corrected chi connectivity index (χ4v) is 6.10. The molecular formula is C29H27BrFN7O4. The molecule has 42 heavy (non-hydrogen) atoms. The van der Waals surface area contributed by atoms with E-state index in [0.29, 0.717) is 34.4 Å². The van der Waals surface area contributed by atoms with E-state index < -0.39 is 11.9 Å². The lowest BCUT2D eigenvalue weighted by Gasteiger charge is -2.27. The highest BCUT2D eigenvalue weighted by Gasteiger charge is 2.56. The average molecular weight is 636 g/mol. The SMILES string of the molecule is CC(=O)c1nn(CC(=O)N2C[C@H]3C[C@H]3[C@H]2C(=O)Nc2nc(Br)c(F)cc2C)c2c(C)cc(-c3cnc(CO)nc3)cc12. The summed E-state index contributed by atoms with van der Waals surface area (Å²) in [7, 11) is 0. The molecule has 1 aliphatic heterocycles. The zero-order chi connectivity index (χ0) is 29.9. The van der Waals surface area contributed by atoms with Crippen LogP contribution in [0.15, 0.2) is 35.2 Å². The monoisotopic (exact) mass is 635 g/mol. The molecule has 2 N–H and O–H groups in total. The standard InChI is InChI=1S/C29H27BrFN7O4/c1-13-4-16(18-8-32-22(12-39)33-9-18)6-20-24(15(3)40)36-38(25(13)20)11-23(41)37-10-17-7-19(17)26(37)29(42)35-28-14(2)5-21(31)27(30)34-28/h4-6,8-9,17,19,26,39H,7,10-12H2,1-3H3,(H,34,35,42)/t17-,19-,26+/m1/s1. The number of pyridine rings is 1. The van der Waals surface area contributed by atoms with Gasteiger partial charge in [0.05, 0.1) is 5.52 Å². The number of ketones is 1. The molecule has 216 valence electrons. The van der Waals surface area contributed by atoms with Gasteiger partial charge in [0.1, 0.15) is 35.3 Å². The van der Waals surface area contributed by atoms with Crippen molar-refractivity contribution in [3.8, 4) is 11.1 Å². The Kier molecular flexibility index (Phi) is 7.09. The summed E-state index contributed by atoms with van der Waals surface area (Å²) in [6, 6.07) is 4.33. The first-order valence-electron chi connectivity index (χ1n) is 13.4. The molecule has 0 unspecified atom stereocenters. The number of likely N-dealkylation sites (tertiary alicyclic amines) is 1. The minimum atomic E-state index is -0.684. The van der Waals surface area contributed by atoms with Gasteiger partial charge in [-0.05, 0) is 82.9 Å². The third kappa shape index (κ3) is 4.96. The van der Waals surface area contributed by atoms with Crippen LogP contribution in [0.5, 0.6) is 0 Å². The van der Waals surface area contributed by atoms with Gasteiger partial charge >= 0.3 is 0 Å². The third-order valence-corrected chi connectivity index (χ3v) is 8.49. The van der Waals surface area contributed by atoms with Crippen molar-refractivity contribution >= 4 is 50.2 Å². The van der Waals surface area contributed by atoms with Crippen LogP contribution in [-0.2, 0) is 22.7 Å². The van der Waals surface area contributed by atoms with Gasteiger partial charge in [-0.1, -0.05) is 0 Å². The molecule has 1 saturated carbocycles. The number of benzene rings is 1. The van der Waals surface area contributed by atoms with Crippen LogP contribution in [0.4, 0.5) is 10.2 Å². The van der Waals surface area contributed by atoms with Crippen molar-refractivity contribution in [2.75, 3.05) is 11.9 Å². The lowest BCUT2D eigenvalue weighted by Crippen LogP contribution is -2.47. The van der Waals surface area contributed by atoms with E-state index >= 15 is 0 Å². The maximum Gasteiger partial charge on any atom is 0.248 e. The lowest BCUT2D eigenvalue weighted by atomic mass is 10.0. The van der Waals surface area contributed by atoms with Crippen LogP contribution in [-0.4, -0.2) is 64.9 Å². The smallest absolute Gasteiger partial charge is 0.248 e. The van der Waals surface area contributed by atoms with E-state index in [-0.39, 0.29) is 58.7 Å². The number of rotatable bonds is 7. The molecule has 11 nitrogen and oxygen atoms in total. The predicted molar refractivity (Wildman–Crippen MR) is 154 cm³/mol. The lowest BCUT2D eigenvalue weighted by molar-refractivity contribution is -0.138. The number of hydrogen-bond acceptors (Lipinski definition) is 8. The van der Waals surface area contributed by atoms with Crippen molar-refractivity contribution in [3.05, 3.63) is 63.7 Å². The van der Waals surface area contributed by atoms with Crippen molar-refractivity contribution in [1.82, 2.24) is 29.6 Å². The largest absolute Gasteiger partial charge is 0.388 e. The number of piperidine rings is 1. The highest BCUT2D eigenvalue weighted by atomic mass is 79.9. The Balaban J connectivity index is 1.29. The Hall–Kier alpha value is -4.10. The molecule has 6 rings (SSSR count). The number of nitrogens with one attached hydrogen (secondary N) is 1. The number of halogens is 2. The van der Waals surface area contributed by atoms with E-state index in [1.807, 2.05) is 19.1 Å². The Morgan fingerprint density at radius 3 is 2.55 bits per heavy atom. The van der Waals surface area contributed by atoms with Gasteiger partial charge in [0.15, 0.2) is 17.4 Å². The zero-order valence-electron chi connectivity index (χ0n) is 23.1. The summed E-state index contributed by atoms with van der Waals surface area (Å²) in [5, 5.41) is 17.2. The van der Waals surface area contributed by atoms with Crippen molar-refractivity contribution in [3.63, 3.8) is 0 Å². The van der Waals surface area contributed by atoms with Crippen LogP contribution in [0.2, 0.25) is 0 Å². The molecule has 4 aromatic rings. The molecule has 4 heterocycles. The number of hydrogen-bond donors (Lipinski definition) is 2. The normalized spacial score (nSPS) is 19.2. The number of fused-ring (bicyclic) bond motifs is 2. The van der Waals surface area contributed by atoms with Crippen LogP contribution in [0, 0.1) is 31.5 Å². The molecule has 1 aromatic carbocycles. The molecule has 13 heteroatoms. The fraction of sp³-hybridized carbons (Fsp3) is 0.345. The van der Waals surface area contributed by atoms with Crippen LogP contribution >= 0.6 is 15.9 Å². The number of carbonyl (C=O) groups is 3. The van der Waals surface area contributed by atoms with Crippen LogP contribution in [0.25, 0.3) is 22.0 Å². The van der Waals surface area contributed by atoms with Gasteiger partial charge < -0.3 is 15.3 Å². The third-order valence-electron chi connectivity index (χ3n) is 7.94. The van der Waals surface area contributed by atoms with Crippen LogP contribution in [0.1, 0.15) is 40.8 Å². The van der Waals surface area contributed by atoms with E-state index in [9.17, 15) is 23.9 Å². The summed E-state index contributed by atoms with van der Waals surface area (Å²) in [6.45, 7) is 4.98. The predicted octanol–water partition coefficient (Wildman–Crippen LogP) is 3.59. The van der Waals surface area contributed by atoms with E-state index in [0.717, 1.165) is 17.5 Å². The van der Waals surface area contributed by atoms with Crippen molar-refractivity contribution < 1.29 is 23.9 Å². The average Bonchev–Trinajstić information content (AvgIpc) is 3.45. The maximum atomic E-state index is 13.9. The molecule has 0 spiro atoms. The fourth-order valence-electron chi connectivity index (χ4n) is 5.81. The summed E-state index contributed by atoms with van der Waals surface area (Å²) < 4.78 is 15.4. The number of amides is 2. The van der Waals surface area contributed by atoms with E-state index in [1.54, 1.807) is 24.2 Å². The first-order chi connectivity index (χ1) is 20.0. The minimum absolute atomic E-state index is 0.00730. The molecule has 1 saturated heterocycles. The summed E-state index contributed by atoms with van der Waals surface area (Å²) in [6.07, 6.45) is 4.06. The second-order valence-corrected chi connectivity index (χ2v) is 11.6. The first kappa shape index (κ1) is 28.0. The Morgan fingerprint density at radius 2 is 1.86 bits per heavy atom. The van der Waals surface area contributed by atoms with Gasteiger partial charge in [-0.2, -0.15) is 5.10 Å². The molecule has 2 fully saturated rings. The number of carbonyl (C=O) groups excluding carboxylic acids is 3. The Bertz CT molecular complexity index is 1770. The number of nitrogens with zero attached hydrogens (tertiary/aromatic N) is 6. The molecular weight excluding hydrogens is 609 g/mol. The highest BCUT2D eigenvalue weighted by Crippen LogP contribution is 2.50. The summed E-state index contributed by atoms with van der Waals surface area (Å²) in [5.74, 6) is -0.614. The molecule has 1 aliphatic carbocycles. The first-order valence-corrected chi connectivity index (χ1v) is 14.2. The van der Waals surface area contributed by atoms with Gasteiger partial charge in [-0.25, -0.2) is 19.3 Å². The second-order valence-electron chi connectivity index (χ2n) is 10.9. The van der Waals surface area contributed by atoms with Crippen LogP contribution < -0.4 is 5.32 Å². The van der Waals surface area contributed by atoms with Crippen LogP contribution in [0.3, 0.4) is 0 Å². The Morgan fingerprint density at radius 1 is 1.12 bits per heavy atom. The molecule has 2 amide bonds. The molecule has 0 bridgehead atoms. The number of Topliss-reactive ketones (excluding diaryl/α,β-unsaturated/α-hetero) is 1. The summed E-state index contributed by atoms with van der Waals surface area (Å²) >= 11 is 3.06. The van der Waals surface area contributed by atoms with Gasteiger partial charge in [-0.3, -0.25) is 19.1 Å². The van der Waals surface area contributed by atoms with Gasteiger partial charge in [-0.15, -0.1) is 0 Å². The quantitative estimate of drug-likeness (QED) is 0.232. The van der Waals surface area contributed by atoms with Crippen molar-refractivity contribution in [2.45, 2.75) is 46.4 Å². The van der Waals surface area contributed by atoms with E-state index in [4.69, 9.17) is 0 Å². The molecule has 3 aromatic heterocycles. The number of aromatic nitrogens is 5. The topological polar surface area (TPSA) is 143 Å². The number of aliphatic hydroxyl groups is 1. The number of aryl methyl sites for hydroxylation is 2. The molecule has 2 aliphatic rings. The summed E-state index contributed by atoms with van der Waals surface area (Å²) in [5.41, 5.74) is 3.62. The molecule has 3 atom stereocenters. The Labute approximate surface area is 248 Å². The summed E-state index contributed by atoms with van der Waals surface area (Å²) in [4.78, 5) is 53.6. The highest BCUT2D eigenvalue weighted by molar-refractivity contribution is 9.10. The maximum absolute atomic E-state index is 13.9. The van der Waals surface area contributed by atoms with E-state index in [1.165, 1.54) is 17.7 Å². The minimum Gasteiger partial charge on any atom is -0.388 e. The molecule has 0 radical (unpaired) electrons. The van der Waals surface area contributed by atoms with Gasteiger partial charge in [0.25, 0.3) is 0 Å².